The first kappa shape index (κ1) is 15.4. The maximum atomic E-state index is 12.5. The number of aryl methyl sites for hydroxylation is 2. The van der Waals surface area contributed by atoms with E-state index in [0.717, 1.165) is 11.4 Å². The van der Waals surface area contributed by atoms with Gasteiger partial charge in [0.15, 0.2) is 0 Å². The Balaban J connectivity index is 1.71. The molecule has 0 unspecified atom stereocenters. The van der Waals surface area contributed by atoms with E-state index in [2.05, 4.69) is 9.97 Å². The summed E-state index contributed by atoms with van der Waals surface area (Å²) in [5.74, 6) is 0.578. The van der Waals surface area contributed by atoms with Crippen molar-refractivity contribution in [1.82, 2.24) is 14.9 Å². The molecule has 1 amide bonds. The molecule has 2 aromatic rings. The van der Waals surface area contributed by atoms with Crippen molar-refractivity contribution in [2.45, 2.75) is 13.8 Å². The van der Waals surface area contributed by atoms with Gasteiger partial charge in [0, 0.05) is 30.0 Å². The number of amides is 1. The Morgan fingerprint density at radius 1 is 1.04 bits per heavy atom. The lowest BCUT2D eigenvalue weighted by atomic mass is 10.2. The number of benzene rings is 1. The zero-order valence-corrected chi connectivity index (χ0v) is 13.4. The third kappa shape index (κ3) is 3.65. The second-order valence-corrected chi connectivity index (χ2v) is 5.54. The Labute approximate surface area is 135 Å². The number of nitrogens with zero attached hydrogens (tertiary/aromatic N) is 4. The highest BCUT2D eigenvalue weighted by atomic mass is 16.7. The van der Waals surface area contributed by atoms with Crippen LogP contribution in [0.25, 0.3) is 0 Å². The van der Waals surface area contributed by atoms with Crippen LogP contribution in [0.5, 0.6) is 0 Å². The van der Waals surface area contributed by atoms with Crippen LogP contribution in [0.2, 0.25) is 0 Å². The van der Waals surface area contributed by atoms with E-state index in [-0.39, 0.29) is 5.91 Å². The number of carbonyl (C=O) groups is 1. The number of hydrogen-bond donors (Lipinski definition) is 0. The summed E-state index contributed by atoms with van der Waals surface area (Å²) < 4.78 is 0. The molecule has 1 aromatic heterocycles. The van der Waals surface area contributed by atoms with Gasteiger partial charge in [0.25, 0.3) is 5.91 Å². The van der Waals surface area contributed by atoms with E-state index < -0.39 is 0 Å². The zero-order chi connectivity index (χ0) is 16.2. The van der Waals surface area contributed by atoms with Crippen LogP contribution in [0.3, 0.4) is 0 Å². The Hall–Kier alpha value is -2.47. The van der Waals surface area contributed by atoms with Crippen LogP contribution in [0, 0.1) is 13.8 Å². The highest BCUT2D eigenvalue weighted by molar-refractivity contribution is 5.94. The first-order chi connectivity index (χ1) is 11.1. The minimum atomic E-state index is 0.0254. The number of hydrogen-bond acceptors (Lipinski definition) is 5. The molecule has 0 bridgehead atoms. The summed E-state index contributed by atoms with van der Waals surface area (Å²) in [6, 6.07) is 11.2. The molecule has 0 spiro atoms. The SMILES string of the molecule is Cc1cc(C)nc(N2CCN(C(=O)c3ccccc3)CCO2)n1. The van der Waals surface area contributed by atoms with E-state index in [0.29, 0.717) is 37.8 Å². The van der Waals surface area contributed by atoms with Crippen LogP contribution in [-0.2, 0) is 4.84 Å². The fraction of sp³-hybridized carbons (Fsp3) is 0.353. The van der Waals surface area contributed by atoms with Crippen molar-refractivity contribution in [3.8, 4) is 0 Å². The smallest absolute Gasteiger partial charge is 0.253 e. The fourth-order valence-corrected chi connectivity index (χ4v) is 2.59. The Bertz CT molecular complexity index is 670. The summed E-state index contributed by atoms with van der Waals surface area (Å²) in [6.45, 7) is 5.96. The Kier molecular flexibility index (Phi) is 4.52. The first-order valence-corrected chi connectivity index (χ1v) is 7.70. The maximum Gasteiger partial charge on any atom is 0.253 e. The van der Waals surface area contributed by atoms with Gasteiger partial charge in [-0.15, -0.1) is 0 Å². The molecule has 0 aliphatic carbocycles. The van der Waals surface area contributed by atoms with Gasteiger partial charge >= 0.3 is 0 Å². The number of aromatic nitrogens is 2. The molecule has 1 aliphatic rings. The Morgan fingerprint density at radius 3 is 2.43 bits per heavy atom. The molecular weight excluding hydrogens is 292 g/mol. The average molecular weight is 312 g/mol. The monoisotopic (exact) mass is 312 g/mol. The summed E-state index contributed by atoms with van der Waals surface area (Å²) in [7, 11) is 0. The predicted octanol–water partition coefficient (Wildman–Crippen LogP) is 1.99. The number of hydroxylamine groups is 1. The standard InChI is InChI=1S/C17H20N4O2/c1-13-12-14(2)19-17(18-13)21-9-8-20(10-11-23-21)16(22)15-6-4-3-5-7-15/h3-7,12H,8-11H2,1-2H3. The summed E-state index contributed by atoms with van der Waals surface area (Å²) in [5.41, 5.74) is 2.50. The molecule has 0 saturated carbocycles. The van der Waals surface area contributed by atoms with Crippen molar-refractivity contribution in [3.05, 3.63) is 53.3 Å². The van der Waals surface area contributed by atoms with Gasteiger partial charge in [-0.05, 0) is 32.0 Å². The Morgan fingerprint density at radius 2 is 1.74 bits per heavy atom. The molecule has 0 atom stereocenters. The van der Waals surface area contributed by atoms with Gasteiger partial charge in [-0.1, -0.05) is 18.2 Å². The van der Waals surface area contributed by atoms with E-state index in [1.807, 2.05) is 50.2 Å². The zero-order valence-electron chi connectivity index (χ0n) is 13.4. The van der Waals surface area contributed by atoms with E-state index in [4.69, 9.17) is 4.84 Å². The van der Waals surface area contributed by atoms with Gasteiger partial charge in [0.2, 0.25) is 5.95 Å². The molecule has 120 valence electrons. The lowest BCUT2D eigenvalue weighted by Crippen LogP contribution is -2.35. The maximum absolute atomic E-state index is 12.5. The normalized spacial score (nSPS) is 15.4. The lowest BCUT2D eigenvalue weighted by molar-refractivity contribution is 0.0729. The highest BCUT2D eigenvalue weighted by Gasteiger charge is 2.22. The molecule has 1 aromatic carbocycles. The van der Waals surface area contributed by atoms with Crippen LogP contribution in [0.1, 0.15) is 21.7 Å². The summed E-state index contributed by atoms with van der Waals surface area (Å²) in [5, 5.41) is 1.68. The van der Waals surface area contributed by atoms with Crippen molar-refractivity contribution in [2.24, 2.45) is 0 Å². The molecule has 3 rings (SSSR count). The molecule has 1 fully saturated rings. The van der Waals surface area contributed by atoms with Crippen LogP contribution in [0.15, 0.2) is 36.4 Å². The van der Waals surface area contributed by atoms with Gasteiger partial charge in [0.1, 0.15) is 0 Å². The van der Waals surface area contributed by atoms with Gasteiger partial charge in [-0.3, -0.25) is 9.63 Å². The van der Waals surface area contributed by atoms with Crippen molar-refractivity contribution >= 4 is 11.9 Å². The molecule has 2 heterocycles. The predicted molar refractivity (Wildman–Crippen MR) is 87.1 cm³/mol. The number of rotatable bonds is 2. The molecule has 1 aliphatic heterocycles. The van der Waals surface area contributed by atoms with Gasteiger partial charge < -0.3 is 4.90 Å². The van der Waals surface area contributed by atoms with Crippen LogP contribution in [0.4, 0.5) is 5.95 Å². The van der Waals surface area contributed by atoms with Crippen molar-refractivity contribution < 1.29 is 9.63 Å². The molecule has 0 N–H and O–H groups in total. The third-order valence-electron chi connectivity index (χ3n) is 3.68. The minimum Gasteiger partial charge on any atom is -0.334 e. The third-order valence-corrected chi connectivity index (χ3v) is 3.68. The largest absolute Gasteiger partial charge is 0.334 e. The fourth-order valence-electron chi connectivity index (χ4n) is 2.59. The summed E-state index contributed by atoms with van der Waals surface area (Å²) >= 11 is 0. The molecule has 0 radical (unpaired) electrons. The minimum absolute atomic E-state index is 0.0254. The van der Waals surface area contributed by atoms with Gasteiger partial charge in [-0.2, -0.15) is 0 Å². The van der Waals surface area contributed by atoms with Gasteiger partial charge in [-0.25, -0.2) is 15.0 Å². The number of carbonyl (C=O) groups excluding carboxylic acids is 1. The van der Waals surface area contributed by atoms with E-state index in [1.165, 1.54) is 0 Å². The molecule has 1 saturated heterocycles. The van der Waals surface area contributed by atoms with E-state index in [9.17, 15) is 4.79 Å². The number of anilines is 1. The quantitative estimate of drug-likeness (QED) is 0.849. The van der Waals surface area contributed by atoms with Crippen molar-refractivity contribution in [2.75, 3.05) is 31.3 Å². The second kappa shape index (κ2) is 6.75. The average Bonchev–Trinajstić information content (AvgIpc) is 2.80. The molecule has 23 heavy (non-hydrogen) atoms. The first-order valence-electron chi connectivity index (χ1n) is 7.70. The van der Waals surface area contributed by atoms with Crippen LogP contribution in [-0.4, -0.2) is 47.0 Å². The van der Waals surface area contributed by atoms with Crippen LogP contribution < -0.4 is 5.06 Å². The van der Waals surface area contributed by atoms with Gasteiger partial charge in [0.05, 0.1) is 13.2 Å². The molecule has 6 nitrogen and oxygen atoms in total. The van der Waals surface area contributed by atoms with E-state index in [1.54, 1.807) is 9.96 Å². The van der Waals surface area contributed by atoms with E-state index >= 15 is 0 Å². The van der Waals surface area contributed by atoms with Crippen molar-refractivity contribution in [1.29, 1.82) is 0 Å². The highest BCUT2D eigenvalue weighted by Crippen LogP contribution is 2.14. The summed E-state index contributed by atoms with van der Waals surface area (Å²) in [6.07, 6.45) is 0. The summed E-state index contributed by atoms with van der Waals surface area (Å²) in [4.78, 5) is 28.9. The molecular formula is C17H20N4O2. The van der Waals surface area contributed by atoms with Crippen LogP contribution >= 0.6 is 0 Å². The van der Waals surface area contributed by atoms with Crippen molar-refractivity contribution in [3.63, 3.8) is 0 Å². The topological polar surface area (TPSA) is 58.6 Å². The molecule has 6 heteroatoms. The second-order valence-electron chi connectivity index (χ2n) is 5.54. The lowest BCUT2D eigenvalue weighted by Gasteiger charge is -2.21.